The molecule has 0 saturated carbocycles. The van der Waals surface area contributed by atoms with Gasteiger partial charge in [-0.05, 0) is 29.8 Å². The molecule has 1 aliphatic rings. The van der Waals surface area contributed by atoms with Gasteiger partial charge in [-0.25, -0.2) is 4.79 Å². The fraction of sp³-hybridized carbons (Fsp3) is 0.350. The number of hydrogen-bond donors (Lipinski definition) is 1. The predicted molar refractivity (Wildman–Crippen MR) is 97.7 cm³/mol. The molecule has 0 aliphatic carbocycles. The molecule has 6 nitrogen and oxygen atoms in total. The van der Waals surface area contributed by atoms with Crippen molar-refractivity contribution in [2.24, 2.45) is 11.1 Å². The van der Waals surface area contributed by atoms with Crippen molar-refractivity contribution in [3.63, 3.8) is 0 Å². The van der Waals surface area contributed by atoms with E-state index >= 15 is 0 Å². The molecule has 0 spiro atoms. The summed E-state index contributed by atoms with van der Waals surface area (Å²) in [4.78, 5) is 11.3. The van der Waals surface area contributed by atoms with Crippen molar-refractivity contribution in [1.82, 2.24) is 0 Å². The topological polar surface area (TPSA) is 80.0 Å². The number of methoxy groups -OCH3 is 2. The van der Waals surface area contributed by atoms with Crippen LogP contribution in [0.5, 0.6) is 17.2 Å². The van der Waals surface area contributed by atoms with Gasteiger partial charge in [-0.15, -0.1) is 0 Å². The Morgan fingerprint density at radius 2 is 1.92 bits per heavy atom. The zero-order valence-corrected chi connectivity index (χ0v) is 15.4. The van der Waals surface area contributed by atoms with Gasteiger partial charge >= 0.3 is 6.09 Å². The Labute approximate surface area is 152 Å². The molecule has 26 heavy (non-hydrogen) atoms. The molecule has 1 amide bonds. The normalized spacial score (nSPS) is 17.6. The minimum absolute atomic E-state index is 0.378. The van der Waals surface area contributed by atoms with Gasteiger partial charge < -0.3 is 24.7 Å². The molecular weight excluding hydrogens is 334 g/mol. The Hall–Kier alpha value is -2.89. The summed E-state index contributed by atoms with van der Waals surface area (Å²) in [6.07, 6.45) is -1.26. The van der Waals surface area contributed by atoms with Crippen molar-refractivity contribution in [3.05, 3.63) is 42.0 Å². The summed E-state index contributed by atoms with van der Waals surface area (Å²) in [5.41, 5.74) is 7.48. The standard InChI is InChI=1S/C20H23NO5/c1-20(2)11-25-17-9-12(5-7-14(17)18(20)26-19(21)22)15-10-13(23-3)6-8-16(15)24-4/h5-10,18H,11H2,1-4H3,(H2,21,22). The maximum atomic E-state index is 11.3. The second-order valence-corrected chi connectivity index (χ2v) is 6.91. The molecule has 1 unspecified atom stereocenters. The first kappa shape index (κ1) is 17.9. The molecule has 1 heterocycles. The van der Waals surface area contributed by atoms with Gasteiger partial charge in [0.25, 0.3) is 0 Å². The lowest BCUT2D eigenvalue weighted by molar-refractivity contribution is -0.0176. The number of carbonyl (C=O) groups is 1. The van der Waals surface area contributed by atoms with Gasteiger partial charge in [0.15, 0.2) is 0 Å². The molecule has 2 aromatic carbocycles. The lowest BCUT2D eigenvalue weighted by Crippen LogP contribution is -2.37. The van der Waals surface area contributed by atoms with Gasteiger partial charge in [0.2, 0.25) is 0 Å². The van der Waals surface area contributed by atoms with Crippen LogP contribution in [0.3, 0.4) is 0 Å². The van der Waals surface area contributed by atoms with Gasteiger partial charge in [-0.3, -0.25) is 0 Å². The first-order valence-corrected chi connectivity index (χ1v) is 8.31. The molecule has 3 rings (SSSR count). The maximum absolute atomic E-state index is 11.3. The third kappa shape index (κ3) is 3.27. The summed E-state index contributed by atoms with van der Waals surface area (Å²) in [6.45, 7) is 4.36. The van der Waals surface area contributed by atoms with E-state index in [0.29, 0.717) is 12.4 Å². The first-order valence-electron chi connectivity index (χ1n) is 8.31. The van der Waals surface area contributed by atoms with Crippen LogP contribution in [0.4, 0.5) is 4.79 Å². The Balaban J connectivity index is 2.06. The van der Waals surface area contributed by atoms with E-state index in [4.69, 9.17) is 24.7 Å². The first-order chi connectivity index (χ1) is 12.4. The average Bonchev–Trinajstić information content (AvgIpc) is 2.63. The lowest BCUT2D eigenvalue weighted by atomic mass is 9.80. The summed E-state index contributed by atoms with van der Waals surface area (Å²) in [7, 11) is 3.24. The van der Waals surface area contributed by atoms with Gasteiger partial charge in [-0.1, -0.05) is 26.0 Å². The fourth-order valence-electron chi connectivity index (χ4n) is 3.18. The van der Waals surface area contributed by atoms with Crippen molar-refractivity contribution < 1.29 is 23.7 Å². The fourth-order valence-corrected chi connectivity index (χ4v) is 3.18. The molecule has 0 fully saturated rings. The number of primary amides is 1. The molecule has 0 aromatic heterocycles. The van der Waals surface area contributed by atoms with Crippen LogP contribution in [0.1, 0.15) is 25.5 Å². The highest BCUT2D eigenvalue weighted by Gasteiger charge is 2.40. The Morgan fingerprint density at radius 1 is 1.15 bits per heavy atom. The number of rotatable bonds is 4. The van der Waals surface area contributed by atoms with Gasteiger partial charge in [-0.2, -0.15) is 0 Å². The van der Waals surface area contributed by atoms with E-state index < -0.39 is 12.2 Å². The summed E-state index contributed by atoms with van der Waals surface area (Å²) < 4.78 is 22.1. The number of benzene rings is 2. The van der Waals surface area contributed by atoms with Gasteiger partial charge in [0.05, 0.1) is 20.8 Å². The van der Waals surface area contributed by atoms with E-state index in [-0.39, 0.29) is 5.41 Å². The molecule has 0 saturated heterocycles. The second-order valence-electron chi connectivity index (χ2n) is 6.91. The zero-order valence-electron chi connectivity index (χ0n) is 15.4. The minimum atomic E-state index is -0.797. The molecule has 0 bridgehead atoms. The highest BCUT2D eigenvalue weighted by Crippen LogP contribution is 2.47. The summed E-state index contributed by atoms with van der Waals surface area (Å²) >= 11 is 0. The summed E-state index contributed by atoms with van der Waals surface area (Å²) in [5, 5.41) is 0. The monoisotopic (exact) mass is 357 g/mol. The highest BCUT2D eigenvalue weighted by atomic mass is 16.6. The molecule has 6 heteroatoms. The molecule has 138 valence electrons. The number of hydrogen-bond acceptors (Lipinski definition) is 5. The third-order valence-corrected chi connectivity index (χ3v) is 4.56. The number of carbonyl (C=O) groups excluding carboxylic acids is 1. The van der Waals surface area contributed by atoms with Crippen molar-refractivity contribution in [1.29, 1.82) is 0 Å². The lowest BCUT2D eigenvalue weighted by Gasteiger charge is -2.38. The van der Waals surface area contributed by atoms with Crippen molar-refractivity contribution >= 4 is 6.09 Å². The van der Waals surface area contributed by atoms with Crippen LogP contribution in [0, 0.1) is 5.41 Å². The van der Waals surface area contributed by atoms with Gasteiger partial charge in [0, 0.05) is 16.5 Å². The maximum Gasteiger partial charge on any atom is 0.405 e. The van der Waals surface area contributed by atoms with Crippen LogP contribution in [-0.4, -0.2) is 26.9 Å². The van der Waals surface area contributed by atoms with E-state index in [9.17, 15) is 4.79 Å². The van der Waals surface area contributed by atoms with Gasteiger partial charge in [0.1, 0.15) is 23.4 Å². The molecular formula is C20H23NO5. The average molecular weight is 357 g/mol. The smallest absolute Gasteiger partial charge is 0.405 e. The van der Waals surface area contributed by atoms with E-state index in [0.717, 1.165) is 28.2 Å². The third-order valence-electron chi connectivity index (χ3n) is 4.56. The SMILES string of the molecule is COc1ccc(OC)c(-c2ccc3c(c2)OCC(C)(C)C3OC(N)=O)c1. The molecule has 0 radical (unpaired) electrons. The van der Waals surface area contributed by atoms with Crippen LogP contribution in [-0.2, 0) is 4.74 Å². The summed E-state index contributed by atoms with van der Waals surface area (Å²) in [6, 6.07) is 11.4. The molecule has 2 N–H and O–H groups in total. The summed E-state index contributed by atoms with van der Waals surface area (Å²) in [5.74, 6) is 2.13. The second kappa shape index (κ2) is 6.78. The Kier molecular flexibility index (Phi) is 4.68. The molecule has 1 atom stereocenters. The van der Waals surface area contributed by atoms with Crippen LogP contribution in [0.2, 0.25) is 0 Å². The van der Waals surface area contributed by atoms with Crippen molar-refractivity contribution in [3.8, 4) is 28.4 Å². The van der Waals surface area contributed by atoms with Crippen LogP contribution in [0.15, 0.2) is 36.4 Å². The zero-order chi connectivity index (χ0) is 18.9. The number of nitrogens with two attached hydrogens (primary N) is 1. The minimum Gasteiger partial charge on any atom is -0.497 e. The quantitative estimate of drug-likeness (QED) is 0.897. The van der Waals surface area contributed by atoms with E-state index in [1.54, 1.807) is 14.2 Å². The van der Waals surface area contributed by atoms with Crippen LogP contribution in [0.25, 0.3) is 11.1 Å². The van der Waals surface area contributed by atoms with Crippen molar-refractivity contribution in [2.75, 3.05) is 20.8 Å². The predicted octanol–water partition coefficient (Wildman–Crippen LogP) is 3.93. The van der Waals surface area contributed by atoms with Crippen LogP contribution >= 0.6 is 0 Å². The van der Waals surface area contributed by atoms with E-state index in [1.165, 1.54) is 0 Å². The Bertz CT molecular complexity index is 831. The number of ether oxygens (including phenoxy) is 4. The van der Waals surface area contributed by atoms with E-state index in [1.807, 2.05) is 50.2 Å². The number of fused-ring (bicyclic) bond motifs is 1. The number of amides is 1. The molecule has 1 aliphatic heterocycles. The molecule has 2 aromatic rings. The van der Waals surface area contributed by atoms with Crippen molar-refractivity contribution in [2.45, 2.75) is 20.0 Å². The largest absolute Gasteiger partial charge is 0.497 e. The highest BCUT2D eigenvalue weighted by molar-refractivity contribution is 5.74. The Morgan fingerprint density at radius 3 is 2.58 bits per heavy atom. The van der Waals surface area contributed by atoms with E-state index in [2.05, 4.69) is 0 Å². The van der Waals surface area contributed by atoms with Crippen LogP contribution < -0.4 is 19.9 Å².